The summed E-state index contributed by atoms with van der Waals surface area (Å²) in [7, 11) is 0. The number of hydrogen-bond acceptors (Lipinski definition) is 6. The van der Waals surface area contributed by atoms with Gasteiger partial charge >= 0.3 is 0 Å². The zero-order chi connectivity index (χ0) is 13.4. The van der Waals surface area contributed by atoms with Crippen LogP contribution in [-0.2, 0) is 0 Å². The van der Waals surface area contributed by atoms with Crippen molar-refractivity contribution in [2.45, 2.75) is 24.3 Å². The van der Waals surface area contributed by atoms with E-state index in [1.54, 1.807) is 0 Å². The third-order valence-corrected chi connectivity index (χ3v) is 3.03. The van der Waals surface area contributed by atoms with Gasteiger partial charge in [0.25, 0.3) is 5.56 Å². The molecule has 0 spiro atoms. The molecule has 1 aliphatic rings. The van der Waals surface area contributed by atoms with E-state index in [-0.39, 0.29) is 5.56 Å². The molecule has 0 bridgehead atoms. The Kier molecular flexibility index (Phi) is 3.35. The monoisotopic (exact) mass is 260 g/mol. The number of halogens is 1. The lowest BCUT2D eigenvalue weighted by Gasteiger charge is -2.16. The molecule has 18 heavy (non-hydrogen) atoms. The Hall–Kier alpha value is -1.48. The Morgan fingerprint density at radius 2 is 2.00 bits per heavy atom. The minimum Gasteiger partial charge on any atom is -0.494 e. The standard InChI is InChI=1S/C10H13FN2O5/c11-4-1-3(9(17)13-10(4)18)6-8(16)7(15)5(2-14)12-6/h1,5-8,12,14-16H,2H2,(H2,13,17,18). The molecule has 2 rings (SSSR count). The summed E-state index contributed by atoms with van der Waals surface area (Å²) in [6.07, 6.45) is -2.59. The fourth-order valence-corrected chi connectivity index (χ4v) is 2.04. The van der Waals surface area contributed by atoms with Crippen molar-refractivity contribution < 1.29 is 24.8 Å². The molecule has 1 aliphatic heterocycles. The first kappa shape index (κ1) is 13.0. The molecular weight excluding hydrogens is 247 g/mol. The Morgan fingerprint density at radius 3 is 2.56 bits per heavy atom. The Labute approximate surface area is 101 Å². The van der Waals surface area contributed by atoms with Crippen molar-refractivity contribution in [3.05, 3.63) is 27.8 Å². The van der Waals surface area contributed by atoms with Gasteiger partial charge in [0.15, 0.2) is 11.7 Å². The van der Waals surface area contributed by atoms with E-state index in [4.69, 9.17) is 5.11 Å². The van der Waals surface area contributed by atoms with Crippen LogP contribution in [0.15, 0.2) is 10.9 Å². The highest BCUT2D eigenvalue weighted by atomic mass is 19.1. The van der Waals surface area contributed by atoms with Gasteiger partial charge in [-0.15, -0.1) is 0 Å². The predicted octanol–water partition coefficient (Wildman–Crippen LogP) is -2.05. The van der Waals surface area contributed by atoms with Gasteiger partial charge in [0.2, 0.25) is 0 Å². The van der Waals surface area contributed by atoms with Crippen molar-refractivity contribution in [2.24, 2.45) is 0 Å². The number of aromatic amines is 1. The molecule has 0 saturated carbocycles. The first-order valence-electron chi connectivity index (χ1n) is 5.30. The number of aromatic hydroxyl groups is 1. The quantitative estimate of drug-likeness (QED) is 0.363. The van der Waals surface area contributed by atoms with Gasteiger partial charge in [0.1, 0.15) is 6.10 Å². The van der Waals surface area contributed by atoms with E-state index in [2.05, 4.69) is 5.32 Å². The van der Waals surface area contributed by atoms with Crippen molar-refractivity contribution in [1.29, 1.82) is 0 Å². The molecule has 7 nitrogen and oxygen atoms in total. The molecule has 100 valence electrons. The Morgan fingerprint density at radius 1 is 1.33 bits per heavy atom. The Balaban J connectivity index is 2.38. The second kappa shape index (κ2) is 4.65. The number of nitrogens with one attached hydrogen (secondary N) is 2. The summed E-state index contributed by atoms with van der Waals surface area (Å²) in [6.45, 7) is -0.429. The summed E-state index contributed by atoms with van der Waals surface area (Å²) in [5, 5.41) is 40.5. The van der Waals surface area contributed by atoms with Crippen LogP contribution in [0.5, 0.6) is 5.88 Å². The summed E-state index contributed by atoms with van der Waals surface area (Å²) in [6, 6.07) is -0.996. The van der Waals surface area contributed by atoms with E-state index >= 15 is 0 Å². The minimum absolute atomic E-state index is 0.0883. The van der Waals surface area contributed by atoms with E-state index in [1.807, 2.05) is 4.98 Å². The molecule has 1 saturated heterocycles. The predicted molar refractivity (Wildman–Crippen MR) is 57.4 cm³/mol. The first-order chi connectivity index (χ1) is 8.45. The number of aliphatic hydroxyl groups excluding tert-OH is 3. The largest absolute Gasteiger partial charge is 0.494 e. The first-order valence-corrected chi connectivity index (χ1v) is 5.30. The maximum absolute atomic E-state index is 13.1. The SMILES string of the molecule is O=c1[nH]c(O)c(C2NC(CO)C(O)C2O)cc1F. The molecule has 1 aromatic rings. The van der Waals surface area contributed by atoms with Crippen molar-refractivity contribution >= 4 is 0 Å². The van der Waals surface area contributed by atoms with E-state index in [0.717, 1.165) is 6.07 Å². The van der Waals surface area contributed by atoms with Crippen LogP contribution in [0.1, 0.15) is 11.6 Å². The second-order valence-electron chi connectivity index (χ2n) is 4.16. The summed E-state index contributed by atoms with van der Waals surface area (Å²) in [4.78, 5) is 12.8. The van der Waals surface area contributed by atoms with Gasteiger partial charge in [0.05, 0.1) is 24.8 Å². The topological polar surface area (TPSA) is 126 Å². The van der Waals surface area contributed by atoms with Gasteiger partial charge in [-0.1, -0.05) is 0 Å². The average Bonchev–Trinajstić information content (AvgIpc) is 2.61. The van der Waals surface area contributed by atoms with Crippen LogP contribution >= 0.6 is 0 Å². The lowest BCUT2D eigenvalue weighted by Crippen LogP contribution is -2.35. The smallest absolute Gasteiger partial charge is 0.286 e. The molecule has 2 heterocycles. The van der Waals surface area contributed by atoms with Crippen LogP contribution in [0.3, 0.4) is 0 Å². The van der Waals surface area contributed by atoms with E-state index in [9.17, 15) is 24.5 Å². The molecule has 0 radical (unpaired) electrons. The zero-order valence-electron chi connectivity index (χ0n) is 9.17. The summed E-state index contributed by atoms with van der Waals surface area (Å²) < 4.78 is 13.1. The van der Waals surface area contributed by atoms with Gasteiger partial charge in [-0.25, -0.2) is 4.39 Å². The molecule has 1 fully saturated rings. The molecule has 0 amide bonds. The maximum Gasteiger partial charge on any atom is 0.286 e. The lowest BCUT2D eigenvalue weighted by atomic mass is 10.0. The molecule has 6 N–H and O–H groups in total. The number of rotatable bonds is 2. The molecule has 8 heteroatoms. The van der Waals surface area contributed by atoms with E-state index in [1.165, 1.54) is 0 Å². The molecular formula is C10H13FN2O5. The van der Waals surface area contributed by atoms with Gasteiger partial charge in [0, 0.05) is 5.56 Å². The number of aliphatic hydroxyl groups is 3. The third-order valence-electron chi connectivity index (χ3n) is 3.03. The van der Waals surface area contributed by atoms with Crippen LogP contribution in [0.4, 0.5) is 4.39 Å². The molecule has 0 aliphatic carbocycles. The van der Waals surface area contributed by atoms with Gasteiger partial charge < -0.3 is 25.7 Å². The highest BCUT2D eigenvalue weighted by molar-refractivity contribution is 5.31. The second-order valence-corrected chi connectivity index (χ2v) is 4.16. The van der Waals surface area contributed by atoms with Crippen LogP contribution in [0.2, 0.25) is 0 Å². The van der Waals surface area contributed by atoms with Crippen molar-refractivity contribution in [3.8, 4) is 5.88 Å². The maximum atomic E-state index is 13.1. The normalized spacial score (nSPS) is 31.8. The van der Waals surface area contributed by atoms with Crippen LogP contribution in [0.25, 0.3) is 0 Å². The summed E-state index contributed by atoms with van der Waals surface area (Å²) >= 11 is 0. The van der Waals surface area contributed by atoms with E-state index < -0.39 is 48.2 Å². The fraction of sp³-hybridized carbons (Fsp3) is 0.500. The lowest BCUT2D eigenvalue weighted by molar-refractivity contribution is 0.0191. The van der Waals surface area contributed by atoms with Crippen LogP contribution in [-0.4, -0.2) is 50.3 Å². The highest BCUT2D eigenvalue weighted by Crippen LogP contribution is 2.31. The summed E-state index contributed by atoms with van der Waals surface area (Å²) in [5.74, 6) is -1.71. The number of hydrogen-bond donors (Lipinski definition) is 6. The van der Waals surface area contributed by atoms with Crippen molar-refractivity contribution in [2.75, 3.05) is 6.61 Å². The number of aromatic nitrogens is 1. The zero-order valence-corrected chi connectivity index (χ0v) is 9.17. The fourth-order valence-electron chi connectivity index (χ4n) is 2.04. The van der Waals surface area contributed by atoms with Gasteiger partial charge in [-0.05, 0) is 6.07 Å². The number of H-pyrrole nitrogens is 1. The number of pyridine rings is 1. The summed E-state index contributed by atoms with van der Waals surface area (Å²) in [5.41, 5.74) is -1.17. The Bertz CT molecular complexity index is 506. The third kappa shape index (κ3) is 1.99. The van der Waals surface area contributed by atoms with E-state index in [0.29, 0.717) is 0 Å². The minimum atomic E-state index is -1.33. The molecule has 4 unspecified atom stereocenters. The van der Waals surface area contributed by atoms with Crippen LogP contribution < -0.4 is 10.9 Å². The van der Waals surface area contributed by atoms with Gasteiger partial charge in [-0.3, -0.25) is 9.78 Å². The average molecular weight is 260 g/mol. The van der Waals surface area contributed by atoms with Gasteiger partial charge in [-0.2, -0.15) is 0 Å². The molecule has 0 aromatic carbocycles. The van der Waals surface area contributed by atoms with Crippen LogP contribution in [0, 0.1) is 5.82 Å². The highest BCUT2D eigenvalue weighted by Gasteiger charge is 2.42. The van der Waals surface area contributed by atoms with Crippen molar-refractivity contribution in [1.82, 2.24) is 10.3 Å². The molecule has 4 atom stereocenters. The molecule has 1 aromatic heterocycles. The van der Waals surface area contributed by atoms with Crippen molar-refractivity contribution in [3.63, 3.8) is 0 Å².